The van der Waals surface area contributed by atoms with Crippen LogP contribution in [-0.2, 0) is 33.2 Å². The molecule has 640 valence electrons. The van der Waals surface area contributed by atoms with Crippen LogP contribution in [0.2, 0.25) is 0 Å². The molecular formula is C91H163NO18. The monoisotopic (exact) mass is 1560 g/mol. The van der Waals surface area contributed by atoms with Crippen molar-refractivity contribution in [2.75, 3.05) is 26.4 Å². The van der Waals surface area contributed by atoms with Crippen molar-refractivity contribution < 1.29 is 89.4 Å². The summed E-state index contributed by atoms with van der Waals surface area (Å²) < 4.78 is 34.5. The number of hydrogen-bond acceptors (Lipinski definition) is 18. The van der Waals surface area contributed by atoms with Gasteiger partial charge in [0.05, 0.1) is 38.6 Å². The summed E-state index contributed by atoms with van der Waals surface area (Å²) in [6.45, 7) is 1.67. The molecule has 3 fully saturated rings. The van der Waals surface area contributed by atoms with E-state index in [1.165, 1.54) is 244 Å². The maximum atomic E-state index is 13.5. The highest BCUT2D eigenvalue weighted by molar-refractivity contribution is 5.76. The van der Waals surface area contributed by atoms with Crippen LogP contribution in [0.1, 0.15) is 354 Å². The third-order valence-electron chi connectivity index (χ3n) is 21.9. The second-order valence-corrected chi connectivity index (χ2v) is 31.7. The molecule has 3 saturated heterocycles. The van der Waals surface area contributed by atoms with Crippen LogP contribution in [0.25, 0.3) is 0 Å². The minimum atomic E-state index is -1.98. The van der Waals surface area contributed by atoms with Crippen molar-refractivity contribution in [1.29, 1.82) is 0 Å². The first-order valence-corrected chi connectivity index (χ1v) is 44.8. The van der Waals surface area contributed by atoms with Crippen LogP contribution in [0.4, 0.5) is 0 Å². The van der Waals surface area contributed by atoms with Crippen LogP contribution in [0.15, 0.2) is 85.1 Å². The number of unbranched alkanes of at least 4 members (excludes halogenated alkanes) is 44. The molecule has 0 aliphatic carbocycles. The van der Waals surface area contributed by atoms with Crippen LogP contribution >= 0.6 is 0 Å². The Morgan fingerprint density at radius 3 is 0.982 bits per heavy atom. The summed E-state index contributed by atoms with van der Waals surface area (Å²) >= 11 is 0. The summed E-state index contributed by atoms with van der Waals surface area (Å²) in [5, 5.41) is 121. The van der Waals surface area contributed by atoms with Gasteiger partial charge < -0.3 is 89.9 Å². The van der Waals surface area contributed by atoms with Gasteiger partial charge in [0.2, 0.25) is 5.91 Å². The maximum absolute atomic E-state index is 13.5. The standard InChI is InChI=1S/C91H163NO18/c1-3-5-7-9-11-13-15-17-19-21-23-25-27-29-31-33-35-36-37-38-39-41-43-45-47-49-51-53-55-57-59-61-63-65-67-69-79(97)92-74(75(96)68-66-64-62-60-58-56-54-52-50-48-46-44-42-40-34-32-30-28-26-24-22-20-18-16-14-12-10-8-6-4-2)73-105-89-85(103)82(100)87(77(71-94)107-89)110-91-86(104)83(101)88(78(72-95)108-91)109-90-84(102)81(99)80(98)76(70-93)106-90/h5,7,11,13,17,19,23,25,29,31,35-36,66,68,74-78,80-91,93-96,98-104H,3-4,6,8-10,12,14-16,18,20-22,24,26-28,30,32-34,37-65,67,69-73H2,1-2H3,(H,92,97)/b7-5-,13-11-,19-17-,25-23-,31-29-,36-35-,68-66+. The first-order valence-electron chi connectivity index (χ1n) is 44.8. The summed E-state index contributed by atoms with van der Waals surface area (Å²) in [6.07, 6.45) is 68.7. The second kappa shape index (κ2) is 70.2. The quantitative estimate of drug-likeness (QED) is 0.0199. The van der Waals surface area contributed by atoms with Gasteiger partial charge in [0.1, 0.15) is 73.2 Å². The highest BCUT2D eigenvalue weighted by atomic mass is 16.8. The van der Waals surface area contributed by atoms with Gasteiger partial charge in [-0.1, -0.05) is 362 Å². The molecule has 0 aromatic heterocycles. The Balaban J connectivity index is 1.33. The van der Waals surface area contributed by atoms with E-state index in [4.69, 9.17) is 28.4 Å². The number of aliphatic hydroxyl groups is 11. The summed E-state index contributed by atoms with van der Waals surface area (Å²) in [5.74, 6) is -0.272. The van der Waals surface area contributed by atoms with Gasteiger partial charge >= 0.3 is 0 Å². The molecule has 19 heteroatoms. The SMILES string of the molecule is CC/C=C\C/C=C\C/C=C\C/C=C\C/C=C\C/C=C\CCCCCCCCCCCCCCCCCCC(=O)NC(COC1OC(CO)C(OC2OC(CO)C(OC3OC(CO)C(O)C(O)C3O)C(O)C2O)C(O)C1O)C(O)/C=C/CCCCCCCCCCCCCCCCCCCCCCCCCCCCCC. The van der Waals surface area contributed by atoms with E-state index in [0.29, 0.717) is 6.42 Å². The summed E-state index contributed by atoms with van der Waals surface area (Å²) in [4.78, 5) is 13.5. The smallest absolute Gasteiger partial charge is 0.220 e. The summed E-state index contributed by atoms with van der Waals surface area (Å²) in [6, 6.07) is -0.979. The van der Waals surface area contributed by atoms with Crippen LogP contribution in [-0.4, -0.2) is 193 Å². The Kier molecular flexibility index (Phi) is 64.6. The predicted molar refractivity (Wildman–Crippen MR) is 443 cm³/mol. The number of rotatable bonds is 72. The Morgan fingerprint density at radius 1 is 0.336 bits per heavy atom. The van der Waals surface area contributed by atoms with Crippen molar-refractivity contribution in [3.63, 3.8) is 0 Å². The molecule has 3 aliphatic rings. The molecule has 0 spiro atoms. The van der Waals surface area contributed by atoms with Gasteiger partial charge in [-0.05, 0) is 70.6 Å². The average Bonchev–Trinajstić information content (AvgIpc) is 0.795. The van der Waals surface area contributed by atoms with Crippen LogP contribution < -0.4 is 5.32 Å². The van der Waals surface area contributed by atoms with Gasteiger partial charge in [0.15, 0.2) is 18.9 Å². The molecule has 17 unspecified atom stereocenters. The lowest BCUT2D eigenvalue weighted by Gasteiger charge is -2.48. The molecule has 0 radical (unpaired) electrons. The Morgan fingerprint density at radius 2 is 0.627 bits per heavy atom. The summed E-state index contributed by atoms with van der Waals surface area (Å²) in [5.41, 5.74) is 0. The molecular weight excluding hydrogens is 1390 g/mol. The number of nitrogens with one attached hydrogen (secondary N) is 1. The minimum absolute atomic E-state index is 0.241. The van der Waals surface area contributed by atoms with Crippen LogP contribution in [0.3, 0.4) is 0 Å². The molecule has 0 saturated carbocycles. The number of carbonyl (C=O) groups is 1. The Bertz CT molecular complexity index is 2310. The highest BCUT2D eigenvalue weighted by Gasteiger charge is 2.54. The van der Waals surface area contributed by atoms with E-state index < -0.39 is 124 Å². The minimum Gasteiger partial charge on any atom is -0.394 e. The van der Waals surface area contributed by atoms with Gasteiger partial charge in [-0.2, -0.15) is 0 Å². The number of aliphatic hydroxyl groups excluding tert-OH is 11. The van der Waals surface area contributed by atoms with Gasteiger partial charge in [0, 0.05) is 6.42 Å². The highest BCUT2D eigenvalue weighted by Crippen LogP contribution is 2.33. The van der Waals surface area contributed by atoms with E-state index in [2.05, 4.69) is 92.1 Å². The van der Waals surface area contributed by atoms with E-state index in [1.807, 2.05) is 6.08 Å². The fourth-order valence-corrected chi connectivity index (χ4v) is 14.8. The van der Waals surface area contributed by atoms with Crippen LogP contribution in [0.5, 0.6) is 0 Å². The van der Waals surface area contributed by atoms with Gasteiger partial charge in [-0.3, -0.25) is 4.79 Å². The normalized spacial score (nSPS) is 25.6. The fourth-order valence-electron chi connectivity index (χ4n) is 14.8. The zero-order valence-electron chi connectivity index (χ0n) is 69.0. The molecule has 17 atom stereocenters. The number of allylic oxidation sites excluding steroid dienone is 13. The third kappa shape index (κ3) is 48.5. The van der Waals surface area contributed by atoms with Crippen molar-refractivity contribution in [2.24, 2.45) is 0 Å². The number of hydrogen-bond donors (Lipinski definition) is 12. The average molecular weight is 1560 g/mol. The number of carbonyl (C=O) groups excluding carboxylic acids is 1. The molecule has 0 bridgehead atoms. The molecule has 12 N–H and O–H groups in total. The zero-order chi connectivity index (χ0) is 79.5. The van der Waals surface area contributed by atoms with E-state index in [1.54, 1.807) is 6.08 Å². The van der Waals surface area contributed by atoms with Gasteiger partial charge in [-0.25, -0.2) is 0 Å². The fraction of sp³-hybridized carbons (Fsp3) is 0.835. The predicted octanol–water partition coefficient (Wildman–Crippen LogP) is 16.9. The lowest BCUT2D eigenvalue weighted by molar-refractivity contribution is -0.379. The van der Waals surface area contributed by atoms with Gasteiger partial charge in [-0.15, -0.1) is 0 Å². The van der Waals surface area contributed by atoms with E-state index in [9.17, 15) is 61.0 Å². The largest absolute Gasteiger partial charge is 0.394 e. The summed E-state index contributed by atoms with van der Waals surface area (Å²) in [7, 11) is 0. The molecule has 1 amide bonds. The first-order chi connectivity index (χ1) is 53.8. The zero-order valence-corrected chi connectivity index (χ0v) is 69.0. The third-order valence-corrected chi connectivity index (χ3v) is 21.9. The number of amides is 1. The molecule has 19 nitrogen and oxygen atoms in total. The topological polar surface area (TPSA) is 307 Å². The van der Waals surface area contributed by atoms with Crippen molar-refractivity contribution >= 4 is 5.91 Å². The van der Waals surface area contributed by atoms with E-state index >= 15 is 0 Å². The molecule has 3 rings (SSSR count). The van der Waals surface area contributed by atoms with Crippen molar-refractivity contribution in [3.05, 3.63) is 85.1 Å². The van der Waals surface area contributed by atoms with Crippen molar-refractivity contribution in [1.82, 2.24) is 5.32 Å². The van der Waals surface area contributed by atoms with E-state index in [0.717, 1.165) is 83.5 Å². The van der Waals surface area contributed by atoms with Gasteiger partial charge in [0.25, 0.3) is 0 Å². The Hall–Kier alpha value is -3.03. The first kappa shape index (κ1) is 101. The molecule has 3 heterocycles. The molecule has 3 aliphatic heterocycles. The van der Waals surface area contributed by atoms with Crippen molar-refractivity contribution in [2.45, 2.75) is 458 Å². The molecule has 0 aromatic carbocycles. The van der Waals surface area contributed by atoms with Crippen molar-refractivity contribution in [3.8, 4) is 0 Å². The lowest BCUT2D eigenvalue weighted by atomic mass is 9.96. The van der Waals surface area contributed by atoms with Crippen LogP contribution in [0, 0.1) is 0 Å². The second-order valence-electron chi connectivity index (χ2n) is 31.7. The molecule has 110 heavy (non-hydrogen) atoms. The van der Waals surface area contributed by atoms with E-state index in [-0.39, 0.29) is 18.9 Å². The number of ether oxygens (including phenoxy) is 6. The Labute approximate surface area is 667 Å². The maximum Gasteiger partial charge on any atom is 0.220 e. The lowest BCUT2D eigenvalue weighted by Crippen LogP contribution is -2.66. The molecule has 0 aromatic rings.